The summed E-state index contributed by atoms with van der Waals surface area (Å²) in [6, 6.07) is 10.8. The first kappa shape index (κ1) is 27.0. The number of hydrogen-bond acceptors (Lipinski definition) is 3. The van der Waals surface area contributed by atoms with Crippen LogP contribution in [0.15, 0.2) is 60.8 Å². The van der Waals surface area contributed by atoms with Crippen LogP contribution in [0.3, 0.4) is 0 Å². The molecule has 2 amide bonds. The van der Waals surface area contributed by atoms with Crippen molar-refractivity contribution in [3.63, 3.8) is 0 Å². The summed E-state index contributed by atoms with van der Waals surface area (Å²) in [5.74, 6) is -4.57. The lowest BCUT2D eigenvalue weighted by Crippen LogP contribution is -2.34. The lowest BCUT2D eigenvalue weighted by Gasteiger charge is -2.23. The molecule has 2 aromatic heterocycles. The van der Waals surface area contributed by atoms with Crippen molar-refractivity contribution in [3.05, 3.63) is 95.1 Å². The Hall–Kier alpha value is -4.54. The minimum absolute atomic E-state index is 0.00764. The van der Waals surface area contributed by atoms with E-state index in [1.54, 1.807) is 13.1 Å². The highest BCUT2D eigenvalue weighted by atomic mass is 19.3. The minimum atomic E-state index is -2.80. The van der Waals surface area contributed by atoms with Gasteiger partial charge in [-0.05, 0) is 42.0 Å². The van der Waals surface area contributed by atoms with Crippen molar-refractivity contribution in [2.45, 2.75) is 25.2 Å². The molecule has 0 unspecified atom stereocenters. The van der Waals surface area contributed by atoms with Gasteiger partial charge < -0.3 is 15.2 Å². The number of hydrogen-bond donors (Lipinski definition) is 2. The number of fused-ring (bicyclic) bond motifs is 1. The lowest BCUT2D eigenvalue weighted by atomic mass is 9.94. The maximum Gasteiger partial charge on any atom is 0.256 e. The number of aromatic nitrogens is 2. The van der Waals surface area contributed by atoms with Crippen LogP contribution in [-0.4, -0.2) is 46.7 Å². The van der Waals surface area contributed by atoms with Gasteiger partial charge in [-0.15, -0.1) is 0 Å². The molecule has 6 nitrogen and oxygen atoms in total. The van der Waals surface area contributed by atoms with E-state index in [9.17, 15) is 27.2 Å². The summed E-state index contributed by atoms with van der Waals surface area (Å²) >= 11 is 0. The average molecular weight is 555 g/mol. The molecule has 3 heterocycles. The Bertz CT molecular complexity index is 1590. The number of rotatable bonds is 7. The van der Waals surface area contributed by atoms with Crippen molar-refractivity contribution < 1.29 is 31.5 Å². The van der Waals surface area contributed by atoms with E-state index in [-0.39, 0.29) is 34.0 Å². The fourth-order valence-corrected chi connectivity index (χ4v) is 4.86. The molecule has 0 saturated carbocycles. The van der Waals surface area contributed by atoms with Crippen molar-refractivity contribution in [1.29, 1.82) is 0 Å². The van der Waals surface area contributed by atoms with E-state index in [0.717, 1.165) is 24.3 Å². The van der Waals surface area contributed by atoms with Crippen LogP contribution >= 0.6 is 0 Å². The van der Waals surface area contributed by atoms with Gasteiger partial charge in [0.1, 0.15) is 23.3 Å². The van der Waals surface area contributed by atoms with Crippen LogP contribution in [0.5, 0.6) is 0 Å². The van der Waals surface area contributed by atoms with Gasteiger partial charge in [-0.2, -0.15) is 0 Å². The summed E-state index contributed by atoms with van der Waals surface area (Å²) in [6.45, 7) is 0.434. The molecule has 11 heteroatoms. The molecule has 0 radical (unpaired) electrons. The summed E-state index contributed by atoms with van der Waals surface area (Å²) in [4.78, 5) is 35.0. The summed E-state index contributed by atoms with van der Waals surface area (Å²) < 4.78 is 68.7. The smallest absolute Gasteiger partial charge is 0.256 e. The average Bonchev–Trinajstić information content (AvgIpc) is 3.30. The monoisotopic (exact) mass is 554 g/mol. The number of likely N-dealkylation sites (N-methyl/N-ethyl adjacent to an activating group) is 1. The maximum atomic E-state index is 15.0. The van der Waals surface area contributed by atoms with Gasteiger partial charge in [0.15, 0.2) is 0 Å². The number of benzene rings is 2. The Kier molecular flexibility index (Phi) is 7.38. The SMILES string of the molecule is CN1CCc2[nH]c(-c3ccnc(NC(=O)[C@H](CC(F)F)c4ccc(F)cc4)c3)c(-c3ccc(F)cc3F)c2C1=O. The van der Waals surface area contributed by atoms with Crippen LogP contribution in [0.25, 0.3) is 22.4 Å². The van der Waals surface area contributed by atoms with Crippen molar-refractivity contribution in [3.8, 4) is 22.4 Å². The predicted octanol–water partition coefficient (Wildman–Crippen LogP) is 6.17. The molecule has 0 bridgehead atoms. The third-order valence-electron chi connectivity index (χ3n) is 6.84. The van der Waals surface area contributed by atoms with Crippen molar-refractivity contribution in [2.24, 2.45) is 0 Å². The Morgan fingerprint density at radius 3 is 2.45 bits per heavy atom. The van der Waals surface area contributed by atoms with E-state index >= 15 is 4.39 Å². The van der Waals surface area contributed by atoms with Crippen LogP contribution in [0.4, 0.5) is 27.8 Å². The highest BCUT2D eigenvalue weighted by Crippen LogP contribution is 2.40. The van der Waals surface area contributed by atoms with Gasteiger partial charge in [0.25, 0.3) is 5.91 Å². The quantitative estimate of drug-likeness (QED) is 0.269. The van der Waals surface area contributed by atoms with E-state index in [2.05, 4.69) is 15.3 Å². The second kappa shape index (κ2) is 10.9. The van der Waals surface area contributed by atoms with E-state index < -0.39 is 42.1 Å². The molecule has 4 aromatic rings. The van der Waals surface area contributed by atoms with Crippen LogP contribution < -0.4 is 5.32 Å². The Labute approximate surface area is 225 Å². The fraction of sp³-hybridized carbons (Fsp3) is 0.207. The van der Waals surface area contributed by atoms with Gasteiger partial charge >= 0.3 is 0 Å². The molecule has 1 aliphatic rings. The zero-order chi connectivity index (χ0) is 28.6. The zero-order valence-corrected chi connectivity index (χ0v) is 21.2. The highest BCUT2D eigenvalue weighted by molar-refractivity contribution is 6.07. The number of carbonyl (C=O) groups excluding carboxylic acids is 2. The normalized spacial score (nSPS) is 13.9. The second-order valence-corrected chi connectivity index (χ2v) is 9.48. The number of alkyl halides is 2. The Balaban J connectivity index is 1.54. The topological polar surface area (TPSA) is 78.1 Å². The van der Waals surface area contributed by atoms with Crippen LogP contribution in [-0.2, 0) is 11.2 Å². The fourth-order valence-electron chi connectivity index (χ4n) is 4.86. The number of pyridine rings is 1. The molecule has 40 heavy (non-hydrogen) atoms. The number of nitrogens with zero attached hydrogens (tertiary/aromatic N) is 2. The van der Waals surface area contributed by atoms with Crippen LogP contribution in [0.2, 0.25) is 0 Å². The second-order valence-electron chi connectivity index (χ2n) is 9.48. The molecule has 0 spiro atoms. The molecular weight excluding hydrogens is 531 g/mol. The first-order valence-electron chi connectivity index (χ1n) is 12.4. The number of H-pyrrole nitrogens is 1. The van der Waals surface area contributed by atoms with Gasteiger partial charge in [0, 0.05) is 61.1 Å². The number of halogens is 5. The van der Waals surface area contributed by atoms with E-state index in [0.29, 0.717) is 29.9 Å². The van der Waals surface area contributed by atoms with Crippen LogP contribution in [0, 0.1) is 17.5 Å². The molecule has 5 rings (SSSR count). The number of amides is 2. The van der Waals surface area contributed by atoms with E-state index in [1.807, 2.05) is 0 Å². The van der Waals surface area contributed by atoms with Gasteiger partial charge in [0.2, 0.25) is 12.3 Å². The molecular formula is C29H23F5N4O2. The van der Waals surface area contributed by atoms with Crippen LogP contribution in [0.1, 0.15) is 34.0 Å². The molecule has 1 atom stereocenters. The molecule has 2 N–H and O–H groups in total. The molecule has 1 aliphatic heterocycles. The maximum absolute atomic E-state index is 15.0. The molecule has 0 fully saturated rings. The first-order valence-corrected chi connectivity index (χ1v) is 12.4. The summed E-state index contributed by atoms with van der Waals surface area (Å²) in [5.41, 5.74) is 2.05. The molecule has 2 aromatic carbocycles. The number of anilines is 1. The summed E-state index contributed by atoms with van der Waals surface area (Å²) in [6.07, 6.45) is -1.75. The van der Waals surface area contributed by atoms with Crippen molar-refractivity contribution >= 4 is 17.6 Å². The largest absolute Gasteiger partial charge is 0.357 e. The Morgan fingerprint density at radius 2 is 1.75 bits per heavy atom. The zero-order valence-electron chi connectivity index (χ0n) is 21.2. The standard InChI is InChI=1S/C29H23F5N4O2/c1-38-11-9-22-26(29(38)40)25(19-7-6-18(31)13-21(19)32)27(36-22)16-8-10-35-24(12-16)37-28(39)20(14-23(33)34)15-2-4-17(30)5-3-15/h2-8,10,12-13,20,23,36H,9,11,14H2,1H3,(H,35,37,39)/t20-/m1/s1. The Morgan fingerprint density at radius 1 is 1.02 bits per heavy atom. The van der Waals surface area contributed by atoms with Gasteiger partial charge in [0.05, 0.1) is 17.2 Å². The number of carbonyl (C=O) groups is 2. The highest BCUT2D eigenvalue weighted by Gasteiger charge is 2.32. The van der Waals surface area contributed by atoms with Gasteiger partial charge in [-0.1, -0.05) is 12.1 Å². The third kappa shape index (κ3) is 5.31. The third-order valence-corrected chi connectivity index (χ3v) is 6.84. The van der Waals surface area contributed by atoms with Crippen molar-refractivity contribution in [2.75, 3.05) is 18.9 Å². The van der Waals surface area contributed by atoms with Gasteiger partial charge in [-0.25, -0.2) is 26.9 Å². The predicted molar refractivity (Wildman–Crippen MR) is 138 cm³/mol. The lowest BCUT2D eigenvalue weighted by molar-refractivity contribution is -0.118. The number of nitrogens with one attached hydrogen (secondary N) is 2. The number of aromatic amines is 1. The van der Waals surface area contributed by atoms with Gasteiger partial charge in [-0.3, -0.25) is 9.59 Å². The summed E-state index contributed by atoms with van der Waals surface area (Å²) in [5, 5.41) is 2.54. The minimum Gasteiger partial charge on any atom is -0.357 e. The summed E-state index contributed by atoms with van der Waals surface area (Å²) in [7, 11) is 1.62. The first-order chi connectivity index (χ1) is 19.1. The molecule has 0 saturated heterocycles. The molecule has 206 valence electrons. The van der Waals surface area contributed by atoms with E-state index in [4.69, 9.17) is 0 Å². The van der Waals surface area contributed by atoms with E-state index in [1.165, 1.54) is 35.4 Å². The van der Waals surface area contributed by atoms with Crippen molar-refractivity contribution in [1.82, 2.24) is 14.9 Å². The molecule has 0 aliphatic carbocycles.